The zero-order valence-corrected chi connectivity index (χ0v) is 12.8. The van der Waals surface area contributed by atoms with Crippen molar-refractivity contribution in [2.24, 2.45) is 5.92 Å². The fourth-order valence-corrected chi connectivity index (χ4v) is 2.88. The molecule has 0 saturated heterocycles. The Morgan fingerprint density at radius 3 is 2.71 bits per heavy atom. The van der Waals surface area contributed by atoms with Gasteiger partial charge in [-0.25, -0.2) is 9.18 Å². The smallest absolute Gasteiger partial charge is 0.319 e. The van der Waals surface area contributed by atoms with Crippen LogP contribution in [0.5, 0.6) is 0 Å². The molecule has 21 heavy (non-hydrogen) atoms. The van der Waals surface area contributed by atoms with Crippen LogP contribution in [-0.4, -0.2) is 23.1 Å². The van der Waals surface area contributed by atoms with E-state index in [0.717, 1.165) is 12.8 Å². The molecule has 1 aliphatic carbocycles. The molecule has 7 heteroatoms. The van der Waals surface area contributed by atoms with Gasteiger partial charge in [-0.2, -0.15) is 0 Å². The molecule has 0 spiro atoms. The first-order valence-electron chi connectivity index (χ1n) is 6.73. The van der Waals surface area contributed by atoms with E-state index in [4.69, 9.17) is 5.11 Å². The van der Waals surface area contributed by atoms with Crippen molar-refractivity contribution in [3.05, 3.63) is 28.5 Å². The summed E-state index contributed by atoms with van der Waals surface area (Å²) in [6.45, 7) is 0. The summed E-state index contributed by atoms with van der Waals surface area (Å²) >= 11 is 3.20. The minimum Gasteiger partial charge on any atom is -0.481 e. The van der Waals surface area contributed by atoms with E-state index in [-0.39, 0.29) is 5.69 Å². The van der Waals surface area contributed by atoms with Gasteiger partial charge in [-0.1, -0.05) is 28.8 Å². The monoisotopic (exact) mass is 358 g/mol. The highest BCUT2D eigenvalue weighted by molar-refractivity contribution is 9.10. The Kier molecular flexibility index (Phi) is 5.17. The van der Waals surface area contributed by atoms with E-state index in [9.17, 15) is 14.0 Å². The zero-order valence-electron chi connectivity index (χ0n) is 11.2. The number of hydrogen-bond donors (Lipinski definition) is 3. The molecule has 0 bridgehead atoms. The number of carboxylic acid groups (broad SMARTS) is 1. The number of urea groups is 1. The fourth-order valence-electron chi connectivity index (χ4n) is 2.52. The van der Waals surface area contributed by atoms with E-state index in [2.05, 4.69) is 26.6 Å². The van der Waals surface area contributed by atoms with Gasteiger partial charge in [0.25, 0.3) is 0 Å². The number of amides is 2. The van der Waals surface area contributed by atoms with E-state index in [1.807, 2.05) is 0 Å². The molecule has 2 atom stereocenters. The van der Waals surface area contributed by atoms with E-state index < -0.39 is 29.8 Å². The predicted octanol–water partition coefficient (Wildman–Crippen LogP) is 3.35. The standard InChI is InChI=1S/C14H16BrFN2O3/c15-8-5-6-10(16)12(7-8)18-14(21)17-11-4-2-1-3-9(11)13(19)20/h5-7,9,11H,1-4H2,(H,19,20)(H2,17,18,21). The van der Waals surface area contributed by atoms with Gasteiger partial charge < -0.3 is 15.7 Å². The van der Waals surface area contributed by atoms with Crippen molar-refractivity contribution in [3.8, 4) is 0 Å². The lowest BCUT2D eigenvalue weighted by molar-refractivity contribution is -0.143. The average Bonchev–Trinajstić information content (AvgIpc) is 2.43. The van der Waals surface area contributed by atoms with Gasteiger partial charge in [-0.05, 0) is 31.0 Å². The molecule has 1 fully saturated rings. The Labute approximate surface area is 130 Å². The van der Waals surface area contributed by atoms with Crippen LogP contribution in [0.4, 0.5) is 14.9 Å². The molecule has 2 unspecified atom stereocenters. The molecule has 114 valence electrons. The quantitative estimate of drug-likeness (QED) is 0.775. The highest BCUT2D eigenvalue weighted by Crippen LogP contribution is 2.25. The van der Waals surface area contributed by atoms with Gasteiger partial charge in [-0.3, -0.25) is 4.79 Å². The van der Waals surface area contributed by atoms with Crippen LogP contribution in [0.15, 0.2) is 22.7 Å². The van der Waals surface area contributed by atoms with Crippen molar-refractivity contribution in [3.63, 3.8) is 0 Å². The van der Waals surface area contributed by atoms with E-state index >= 15 is 0 Å². The molecular formula is C14H16BrFN2O3. The molecule has 0 aliphatic heterocycles. The van der Waals surface area contributed by atoms with Crippen LogP contribution in [0.3, 0.4) is 0 Å². The molecule has 1 aromatic rings. The molecule has 1 saturated carbocycles. The lowest BCUT2D eigenvalue weighted by Crippen LogP contribution is -2.46. The number of anilines is 1. The number of aliphatic carboxylic acids is 1. The molecule has 0 heterocycles. The van der Waals surface area contributed by atoms with Crippen LogP contribution < -0.4 is 10.6 Å². The topological polar surface area (TPSA) is 78.4 Å². The van der Waals surface area contributed by atoms with Gasteiger partial charge in [0, 0.05) is 10.5 Å². The van der Waals surface area contributed by atoms with Crippen LogP contribution >= 0.6 is 15.9 Å². The normalized spacial score (nSPS) is 21.6. The lowest BCUT2D eigenvalue weighted by Gasteiger charge is -2.29. The third kappa shape index (κ3) is 4.17. The maximum Gasteiger partial charge on any atom is 0.319 e. The van der Waals surface area contributed by atoms with Gasteiger partial charge in [-0.15, -0.1) is 0 Å². The number of carboxylic acids is 1. The summed E-state index contributed by atoms with van der Waals surface area (Å²) in [7, 11) is 0. The van der Waals surface area contributed by atoms with Crippen molar-refractivity contribution in [1.29, 1.82) is 0 Å². The van der Waals surface area contributed by atoms with Crippen molar-refractivity contribution < 1.29 is 19.1 Å². The Morgan fingerprint density at radius 2 is 2.00 bits per heavy atom. The third-order valence-corrected chi connectivity index (χ3v) is 4.07. The number of carbonyl (C=O) groups excluding carboxylic acids is 1. The Balaban J connectivity index is 2.00. The van der Waals surface area contributed by atoms with Crippen LogP contribution in [0.25, 0.3) is 0 Å². The summed E-state index contributed by atoms with van der Waals surface area (Å²) in [6, 6.07) is 3.20. The van der Waals surface area contributed by atoms with Crippen LogP contribution in [0, 0.1) is 11.7 Å². The van der Waals surface area contributed by atoms with Crippen molar-refractivity contribution in [2.75, 3.05) is 5.32 Å². The van der Waals surface area contributed by atoms with Gasteiger partial charge in [0.05, 0.1) is 11.6 Å². The molecule has 0 aromatic heterocycles. The number of rotatable bonds is 3. The number of benzene rings is 1. The summed E-state index contributed by atoms with van der Waals surface area (Å²) in [5.41, 5.74) is 0.0459. The highest BCUT2D eigenvalue weighted by Gasteiger charge is 2.31. The third-order valence-electron chi connectivity index (χ3n) is 3.58. The lowest BCUT2D eigenvalue weighted by atomic mass is 9.84. The molecule has 1 aliphatic rings. The molecular weight excluding hydrogens is 343 g/mol. The minimum absolute atomic E-state index is 0.0459. The molecule has 2 amide bonds. The van der Waals surface area contributed by atoms with Crippen LogP contribution in [-0.2, 0) is 4.79 Å². The van der Waals surface area contributed by atoms with Crippen LogP contribution in [0.2, 0.25) is 0 Å². The summed E-state index contributed by atoms with van der Waals surface area (Å²) < 4.78 is 14.2. The fraction of sp³-hybridized carbons (Fsp3) is 0.429. The largest absolute Gasteiger partial charge is 0.481 e. The van der Waals surface area contributed by atoms with Gasteiger partial charge >= 0.3 is 12.0 Å². The summed E-state index contributed by atoms with van der Waals surface area (Å²) in [5, 5.41) is 14.2. The average molecular weight is 359 g/mol. The van der Waals surface area contributed by atoms with Crippen LogP contribution in [0.1, 0.15) is 25.7 Å². The van der Waals surface area contributed by atoms with Gasteiger partial charge in [0.15, 0.2) is 0 Å². The summed E-state index contributed by atoms with van der Waals surface area (Å²) in [5.74, 6) is -2.04. The number of halogens is 2. The maximum absolute atomic E-state index is 13.6. The molecule has 5 nitrogen and oxygen atoms in total. The van der Waals surface area contributed by atoms with E-state index in [1.54, 1.807) is 0 Å². The van der Waals surface area contributed by atoms with E-state index in [1.165, 1.54) is 18.2 Å². The second-order valence-corrected chi connectivity index (χ2v) is 5.97. The molecule has 0 radical (unpaired) electrons. The Bertz CT molecular complexity index is 553. The first-order chi connectivity index (χ1) is 9.97. The van der Waals surface area contributed by atoms with Crippen molar-refractivity contribution in [2.45, 2.75) is 31.7 Å². The molecule has 3 N–H and O–H groups in total. The zero-order chi connectivity index (χ0) is 15.4. The Hall–Kier alpha value is -1.63. The summed E-state index contributed by atoms with van der Waals surface area (Å²) in [4.78, 5) is 23.1. The van der Waals surface area contributed by atoms with E-state index in [0.29, 0.717) is 17.3 Å². The number of hydrogen-bond acceptors (Lipinski definition) is 2. The van der Waals surface area contributed by atoms with Gasteiger partial charge in [0.2, 0.25) is 0 Å². The number of carbonyl (C=O) groups is 2. The maximum atomic E-state index is 13.6. The van der Waals surface area contributed by atoms with Crippen molar-refractivity contribution in [1.82, 2.24) is 5.32 Å². The second kappa shape index (κ2) is 6.89. The summed E-state index contributed by atoms with van der Waals surface area (Å²) in [6.07, 6.45) is 2.88. The first-order valence-corrected chi connectivity index (χ1v) is 7.52. The van der Waals surface area contributed by atoms with Crippen molar-refractivity contribution >= 4 is 33.6 Å². The first kappa shape index (κ1) is 15.8. The van der Waals surface area contributed by atoms with Gasteiger partial charge in [0.1, 0.15) is 5.82 Å². The SMILES string of the molecule is O=C(Nc1cc(Br)ccc1F)NC1CCCCC1C(=O)O. The molecule has 2 rings (SSSR count). The second-order valence-electron chi connectivity index (χ2n) is 5.06. The number of nitrogens with one attached hydrogen (secondary N) is 2. The molecule has 1 aromatic carbocycles. The predicted molar refractivity (Wildman–Crippen MR) is 79.6 cm³/mol. The highest BCUT2D eigenvalue weighted by atomic mass is 79.9. The minimum atomic E-state index is -0.909. The Morgan fingerprint density at radius 1 is 1.29 bits per heavy atom.